The van der Waals surface area contributed by atoms with E-state index in [9.17, 15) is 19.8 Å². The number of cyclic esters (lactones) is 2. The Morgan fingerprint density at radius 3 is 2.16 bits per heavy atom. The molecule has 0 fully saturated rings. The molecule has 0 aromatic heterocycles. The third-order valence-corrected chi connectivity index (χ3v) is 5.44. The lowest BCUT2D eigenvalue weighted by molar-refractivity contribution is -0.304. The van der Waals surface area contributed by atoms with Gasteiger partial charge in [-0.1, -0.05) is 70.4 Å². The van der Waals surface area contributed by atoms with Crippen LogP contribution in [0.5, 0.6) is 5.75 Å². The molecule has 32 heavy (non-hydrogen) atoms. The van der Waals surface area contributed by atoms with E-state index in [1.165, 1.54) is 50.7 Å². The van der Waals surface area contributed by atoms with Crippen LogP contribution in [0.3, 0.4) is 0 Å². The molecule has 0 amide bonds. The van der Waals surface area contributed by atoms with Gasteiger partial charge in [-0.2, -0.15) is 0 Å². The molecule has 2 rings (SSSR count). The topological polar surface area (TPSA) is 128 Å². The third kappa shape index (κ3) is 7.05. The minimum atomic E-state index is -2.61. The number of esters is 2. The van der Waals surface area contributed by atoms with Crippen molar-refractivity contribution in [3.63, 3.8) is 0 Å². The van der Waals surface area contributed by atoms with Gasteiger partial charge in [0.05, 0.1) is 6.61 Å². The Bertz CT molecular complexity index is 781. The summed E-state index contributed by atoms with van der Waals surface area (Å²) in [4.78, 5) is 23.8. The maximum atomic E-state index is 12.0. The molecule has 0 bridgehead atoms. The zero-order valence-electron chi connectivity index (χ0n) is 18.8. The number of carbonyl (C=O) groups excluding carboxylic acids is 2. The Morgan fingerprint density at radius 1 is 0.938 bits per heavy atom. The van der Waals surface area contributed by atoms with Crippen LogP contribution in [-0.4, -0.2) is 41.1 Å². The van der Waals surface area contributed by atoms with Crippen molar-refractivity contribution >= 4 is 11.9 Å². The highest BCUT2D eigenvalue weighted by Gasteiger charge is 2.56. The predicted molar refractivity (Wildman–Crippen MR) is 118 cm³/mol. The van der Waals surface area contributed by atoms with E-state index < -0.39 is 30.1 Å². The number of aliphatic hydroxyl groups is 2. The van der Waals surface area contributed by atoms with Crippen LogP contribution in [0.4, 0.5) is 0 Å². The van der Waals surface area contributed by atoms with Crippen molar-refractivity contribution in [2.24, 2.45) is 5.73 Å². The first kappa shape index (κ1) is 25.8. The van der Waals surface area contributed by atoms with Crippen LogP contribution in [0.15, 0.2) is 36.4 Å². The molecule has 2 unspecified atom stereocenters. The van der Waals surface area contributed by atoms with Crippen molar-refractivity contribution in [2.75, 3.05) is 13.2 Å². The largest absolute Gasteiger partial charge is 0.494 e. The summed E-state index contributed by atoms with van der Waals surface area (Å²) < 4.78 is 15.9. The number of hydrogen-bond donors (Lipinski definition) is 3. The van der Waals surface area contributed by atoms with Gasteiger partial charge in [-0.3, -0.25) is 5.73 Å². The lowest BCUT2D eigenvalue weighted by Gasteiger charge is -2.41. The monoisotopic (exact) mass is 449 g/mol. The number of unbranched alkanes of at least 4 members (excludes halogenated alkanes) is 8. The van der Waals surface area contributed by atoms with Crippen molar-refractivity contribution in [3.8, 4) is 5.75 Å². The molecule has 0 saturated carbocycles. The minimum absolute atomic E-state index is 0.00933. The van der Waals surface area contributed by atoms with Gasteiger partial charge in [0.25, 0.3) is 11.5 Å². The Balaban J connectivity index is 1.95. The Kier molecular flexibility index (Phi) is 10.2. The van der Waals surface area contributed by atoms with E-state index in [1.807, 2.05) is 0 Å². The van der Waals surface area contributed by atoms with Gasteiger partial charge in [0.2, 0.25) is 0 Å². The molecule has 0 radical (unpaired) electrons. The van der Waals surface area contributed by atoms with Crippen molar-refractivity contribution in [1.29, 1.82) is 0 Å². The van der Waals surface area contributed by atoms with Gasteiger partial charge in [0, 0.05) is 17.7 Å². The van der Waals surface area contributed by atoms with Crippen molar-refractivity contribution in [2.45, 2.75) is 76.2 Å². The molecule has 178 valence electrons. The van der Waals surface area contributed by atoms with E-state index in [-0.39, 0.29) is 5.56 Å². The molecule has 2 atom stereocenters. The first-order valence-electron chi connectivity index (χ1n) is 11.3. The van der Waals surface area contributed by atoms with E-state index in [0.29, 0.717) is 12.4 Å². The summed E-state index contributed by atoms with van der Waals surface area (Å²) in [5, 5.41) is 20.9. The summed E-state index contributed by atoms with van der Waals surface area (Å²) in [6.45, 7) is 1.72. The van der Waals surface area contributed by atoms with Crippen molar-refractivity contribution < 1.29 is 34.0 Å². The molecule has 0 saturated heterocycles. The Labute approximate surface area is 189 Å². The van der Waals surface area contributed by atoms with Crippen LogP contribution >= 0.6 is 0 Å². The minimum Gasteiger partial charge on any atom is -0.494 e. The molecule has 1 aliphatic heterocycles. The van der Waals surface area contributed by atoms with Crippen LogP contribution in [0.25, 0.3) is 0 Å². The second kappa shape index (κ2) is 12.6. The predicted octanol–water partition coefficient (Wildman–Crippen LogP) is 3.04. The summed E-state index contributed by atoms with van der Waals surface area (Å²) in [7, 11) is 0. The third-order valence-electron chi connectivity index (χ3n) is 5.44. The Hall–Kier alpha value is -2.42. The van der Waals surface area contributed by atoms with Crippen LogP contribution in [0, 0.1) is 0 Å². The molecule has 0 spiro atoms. The van der Waals surface area contributed by atoms with E-state index in [1.54, 1.807) is 12.1 Å². The smallest absolute Gasteiger partial charge is 0.333 e. The molecular formula is C24H35NO7. The first-order valence-corrected chi connectivity index (χ1v) is 11.3. The second-order valence-corrected chi connectivity index (χ2v) is 8.07. The van der Waals surface area contributed by atoms with Gasteiger partial charge in [0.1, 0.15) is 12.4 Å². The van der Waals surface area contributed by atoms with E-state index in [0.717, 1.165) is 31.4 Å². The summed E-state index contributed by atoms with van der Waals surface area (Å²) in [5.74, 6) is -4.19. The maximum absolute atomic E-state index is 12.0. The lowest BCUT2D eigenvalue weighted by atomic mass is 9.94. The standard InChI is InChI=1S/C24H35NO7/c1-2-3-4-5-6-7-8-9-10-16-30-20-13-11-12-19(17-20)24(29)23(25,18-26)31-21(27)14-15-22(28)32-24/h11-15,17,26,29H,2-10,16,18,25H2,1H3/b15-14-. The number of nitrogens with two attached hydrogens (primary N) is 1. The zero-order chi connectivity index (χ0) is 23.5. The molecule has 8 heteroatoms. The number of benzene rings is 1. The van der Waals surface area contributed by atoms with E-state index in [4.69, 9.17) is 19.9 Å². The van der Waals surface area contributed by atoms with Gasteiger partial charge in [0.15, 0.2) is 0 Å². The number of ether oxygens (including phenoxy) is 3. The van der Waals surface area contributed by atoms with Gasteiger partial charge in [-0.25, -0.2) is 9.59 Å². The fraction of sp³-hybridized carbons (Fsp3) is 0.583. The molecule has 1 heterocycles. The van der Waals surface area contributed by atoms with Gasteiger partial charge in [-0.05, 0) is 18.6 Å². The first-order chi connectivity index (χ1) is 15.3. The average Bonchev–Trinajstić information content (AvgIpc) is 2.78. The number of hydrogen-bond acceptors (Lipinski definition) is 8. The lowest BCUT2D eigenvalue weighted by Crippen LogP contribution is -2.65. The molecule has 0 aliphatic carbocycles. The van der Waals surface area contributed by atoms with Crippen LogP contribution in [0.2, 0.25) is 0 Å². The number of rotatable bonds is 13. The normalized spacial score (nSPS) is 24.2. The molecule has 1 aliphatic rings. The maximum Gasteiger partial charge on any atom is 0.333 e. The Morgan fingerprint density at radius 2 is 1.53 bits per heavy atom. The highest BCUT2D eigenvalue weighted by atomic mass is 16.7. The fourth-order valence-corrected chi connectivity index (χ4v) is 3.53. The van der Waals surface area contributed by atoms with Crippen LogP contribution in [0.1, 0.15) is 70.3 Å². The summed E-state index contributed by atoms with van der Waals surface area (Å²) in [6.07, 6.45) is 12.4. The van der Waals surface area contributed by atoms with Crippen molar-refractivity contribution in [1.82, 2.24) is 0 Å². The molecule has 1 aromatic rings. The highest BCUT2D eigenvalue weighted by molar-refractivity contribution is 5.92. The second-order valence-electron chi connectivity index (χ2n) is 8.07. The number of carbonyl (C=O) groups is 2. The summed E-state index contributed by atoms with van der Waals surface area (Å²) in [6, 6.07) is 6.15. The van der Waals surface area contributed by atoms with E-state index in [2.05, 4.69) is 6.92 Å². The van der Waals surface area contributed by atoms with Gasteiger partial charge in [-0.15, -0.1) is 0 Å². The zero-order valence-corrected chi connectivity index (χ0v) is 18.8. The molecule has 4 N–H and O–H groups in total. The van der Waals surface area contributed by atoms with Crippen LogP contribution in [-0.2, 0) is 24.8 Å². The summed E-state index contributed by atoms with van der Waals surface area (Å²) in [5.41, 5.74) is 3.56. The molecular weight excluding hydrogens is 414 g/mol. The van der Waals surface area contributed by atoms with Gasteiger partial charge < -0.3 is 24.4 Å². The van der Waals surface area contributed by atoms with E-state index >= 15 is 0 Å². The van der Waals surface area contributed by atoms with Crippen LogP contribution < -0.4 is 10.5 Å². The highest BCUT2D eigenvalue weighted by Crippen LogP contribution is 2.36. The number of aliphatic hydroxyl groups excluding tert-OH is 1. The quantitative estimate of drug-likeness (QED) is 0.310. The fourth-order valence-electron chi connectivity index (χ4n) is 3.53. The van der Waals surface area contributed by atoms with Gasteiger partial charge >= 0.3 is 11.9 Å². The molecule has 1 aromatic carbocycles. The summed E-state index contributed by atoms with van der Waals surface area (Å²) >= 11 is 0. The molecule has 8 nitrogen and oxygen atoms in total. The SMILES string of the molecule is CCCCCCCCCCCOc1cccc(C2(O)OC(=O)/C=C\C(=O)OC2(N)CO)c1. The van der Waals surface area contributed by atoms with Crippen molar-refractivity contribution in [3.05, 3.63) is 42.0 Å². The average molecular weight is 450 g/mol.